The fourth-order valence-corrected chi connectivity index (χ4v) is 8.25. The van der Waals surface area contributed by atoms with E-state index in [9.17, 15) is 23.2 Å². The molecule has 3 heterocycles. The monoisotopic (exact) mass is 849 g/mol. The van der Waals surface area contributed by atoms with Gasteiger partial charge in [-0.05, 0) is 95.9 Å². The zero-order valence-electron chi connectivity index (χ0n) is 32.3. The van der Waals surface area contributed by atoms with E-state index < -0.39 is 23.4 Å². The summed E-state index contributed by atoms with van der Waals surface area (Å²) in [4.78, 5) is 41.6. The molecule has 0 saturated carbocycles. The van der Waals surface area contributed by atoms with E-state index in [4.69, 9.17) is 32.8 Å². The largest absolute Gasteiger partial charge is 0.493 e. The number of carbonyl (C=O) groups is 2. The summed E-state index contributed by atoms with van der Waals surface area (Å²) in [6.07, 6.45) is 1.76. The number of esters is 2. The van der Waals surface area contributed by atoms with E-state index in [1.807, 2.05) is 18.2 Å². The summed E-state index contributed by atoms with van der Waals surface area (Å²) in [6.45, 7) is 0. The van der Waals surface area contributed by atoms with E-state index in [-0.39, 0.29) is 51.4 Å². The van der Waals surface area contributed by atoms with Gasteiger partial charge in [0.15, 0.2) is 34.5 Å². The third-order valence-corrected chi connectivity index (χ3v) is 11.6. The fourth-order valence-electron chi connectivity index (χ4n) is 6.91. The Morgan fingerprint density at radius 3 is 1.73 bits per heavy atom. The van der Waals surface area contributed by atoms with Crippen LogP contribution in [-0.2, 0) is 9.59 Å². The van der Waals surface area contributed by atoms with E-state index in [2.05, 4.69) is 0 Å². The van der Waals surface area contributed by atoms with Crippen molar-refractivity contribution >= 4 is 73.6 Å². The van der Waals surface area contributed by atoms with Gasteiger partial charge < -0.3 is 37.2 Å². The minimum atomic E-state index is -0.677. The number of aromatic nitrogens is 1. The first-order chi connectivity index (χ1) is 29.1. The van der Waals surface area contributed by atoms with Gasteiger partial charge in [-0.3, -0.25) is 9.59 Å². The second kappa shape index (κ2) is 16.9. The highest BCUT2D eigenvalue weighted by Crippen LogP contribution is 2.46. The highest BCUT2D eigenvalue weighted by Gasteiger charge is 2.26. The summed E-state index contributed by atoms with van der Waals surface area (Å²) in [6, 6.07) is 25.1. The van der Waals surface area contributed by atoms with E-state index >= 15 is 0 Å². The summed E-state index contributed by atoms with van der Waals surface area (Å²) in [7, 11) is 5.95. The Balaban J connectivity index is 1.27. The third-order valence-electron chi connectivity index (χ3n) is 9.59. The quantitative estimate of drug-likeness (QED) is 0.0475. The maximum absolute atomic E-state index is 14.2. The number of ether oxygens (including phenoxy) is 6. The van der Waals surface area contributed by atoms with Crippen LogP contribution in [0.2, 0.25) is 0 Å². The molecule has 0 amide bonds. The van der Waals surface area contributed by atoms with Crippen molar-refractivity contribution in [2.24, 2.45) is 0 Å². The number of benzene rings is 5. The lowest BCUT2D eigenvalue weighted by Crippen LogP contribution is -2.11. The Bertz CT molecular complexity index is 3020. The lowest BCUT2D eigenvalue weighted by atomic mass is 9.98. The molecule has 0 spiro atoms. The smallest absolute Gasteiger partial charge is 0.361 e. The van der Waals surface area contributed by atoms with Crippen molar-refractivity contribution in [2.75, 3.05) is 39.9 Å². The molecule has 0 N–H and O–H groups in total. The molecule has 3 aromatic heterocycles. The van der Waals surface area contributed by atoms with E-state index in [1.54, 1.807) is 66.2 Å². The van der Waals surface area contributed by atoms with Crippen LogP contribution in [0.3, 0.4) is 0 Å². The first-order valence-electron chi connectivity index (χ1n) is 18.1. The maximum Gasteiger partial charge on any atom is 0.361 e. The van der Waals surface area contributed by atoms with Gasteiger partial charge in [0.25, 0.3) is 0 Å². The molecule has 304 valence electrons. The summed E-state index contributed by atoms with van der Waals surface area (Å²) < 4.78 is 68.7. The van der Waals surface area contributed by atoms with Crippen LogP contribution in [0.25, 0.3) is 49.3 Å². The molecule has 0 bridgehead atoms. The molecule has 0 aliphatic carbocycles. The van der Waals surface area contributed by atoms with Gasteiger partial charge in [-0.2, -0.15) is 0 Å². The average molecular weight is 850 g/mol. The molecule has 5 aromatic carbocycles. The molecule has 15 heteroatoms. The second-order valence-corrected chi connectivity index (χ2v) is 15.2. The number of methoxy groups -OCH3 is 4. The summed E-state index contributed by atoms with van der Waals surface area (Å²) >= 11 is 2.37. The van der Waals surface area contributed by atoms with Gasteiger partial charge in [-0.1, -0.05) is 6.07 Å². The van der Waals surface area contributed by atoms with Crippen molar-refractivity contribution in [3.63, 3.8) is 0 Å². The van der Waals surface area contributed by atoms with E-state index in [0.29, 0.717) is 54.1 Å². The van der Waals surface area contributed by atoms with Crippen LogP contribution in [0.5, 0.6) is 34.5 Å². The van der Waals surface area contributed by atoms with Gasteiger partial charge >= 0.3 is 17.6 Å². The standard InChI is InChI=1S/C45H33F2NO10S2/c1-52-34-18-25(5-14-32(34)56-39(49)22-59-28-10-6-26(46)7-11-28)41-42-31-20-37(55-4)38(57-40(50)23-60-29-12-8-27(47)9-13-29)21-33(31)58-45(51)44(42)48-16-15-24-17-35(53-2)36(54-3)19-30(24)43(41)48/h5-21H,22-23H2,1-4H3. The van der Waals surface area contributed by atoms with E-state index in [1.165, 1.54) is 75.2 Å². The normalized spacial score (nSPS) is 11.3. The zero-order chi connectivity index (χ0) is 42.1. The number of hydrogen-bond acceptors (Lipinski definition) is 12. The van der Waals surface area contributed by atoms with Crippen molar-refractivity contribution in [1.82, 2.24) is 4.40 Å². The van der Waals surface area contributed by atoms with Gasteiger partial charge in [0.1, 0.15) is 22.7 Å². The number of carbonyl (C=O) groups excluding carboxylic acids is 2. The predicted octanol–water partition coefficient (Wildman–Crippen LogP) is 9.73. The molecule has 0 atom stereocenters. The van der Waals surface area contributed by atoms with Crippen LogP contribution < -0.4 is 34.0 Å². The number of fused-ring (bicyclic) bond motifs is 7. The summed E-state index contributed by atoms with van der Waals surface area (Å²) in [5.41, 5.74) is 1.42. The van der Waals surface area contributed by atoms with Crippen molar-refractivity contribution in [2.45, 2.75) is 9.79 Å². The van der Waals surface area contributed by atoms with Crippen LogP contribution in [-0.4, -0.2) is 56.3 Å². The van der Waals surface area contributed by atoms with Gasteiger partial charge in [-0.25, -0.2) is 13.6 Å². The van der Waals surface area contributed by atoms with Gasteiger partial charge in [0.2, 0.25) is 0 Å². The van der Waals surface area contributed by atoms with Crippen LogP contribution in [0.4, 0.5) is 8.78 Å². The number of halogens is 2. The Hall–Kier alpha value is -6.71. The molecule has 0 aliphatic heterocycles. The van der Waals surface area contributed by atoms with E-state index in [0.717, 1.165) is 5.39 Å². The second-order valence-electron chi connectivity index (χ2n) is 13.1. The van der Waals surface area contributed by atoms with Crippen molar-refractivity contribution in [1.29, 1.82) is 0 Å². The molecular formula is C45H33F2NO10S2. The lowest BCUT2D eigenvalue weighted by Gasteiger charge is -2.14. The maximum atomic E-state index is 14.2. The Kier molecular flexibility index (Phi) is 11.3. The first kappa shape index (κ1) is 40.1. The van der Waals surface area contributed by atoms with Crippen molar-refractivity contribution < 1.29 is 51.2 Å². The molecule has 0 unspecified atom stereocenters. The van der Waals surface area contributed by atoms with Crippen LogP contribution in [0.1, 0.15) is 0 Å². The molecule has 60 heavy (non-hydrogen) atoms. The third kappa shape index (κ3) is 7.76. The summed E-state index contributed by atoms with van der Waals surface area (Å²) in [5.74, 6) is -0.508. The number of pyridine rings is 1. The lowest BCUT2D eigenvalue weighted by molar-refractivity contribution is -0.132. The number of hydrogen-bond donors (Lipinski definition) is 0. The Morgan fingerprint density at radius 2 is 1.13 bits per heavy atom. The number of thioether (sulfide) groups is 2. The Morgan fingerprint density at radius 1 is 0.600 bits per heavy atom. The van der Waals surface area contributed by atoms with Crippen LogP contribution in [0.15, 0.2) is 122 Å². The predicted molar refractivity (Wildman–Crippen MR) is 226 cm³/mol. The SMILES string of the molecule is COc1cc2ccn3c(c(-c4ccc(OC(=O)CSc5ccc(F)cc5)c(OC)c4)c4c5cc(OC)c(OC(=O)CSc6ccc(F)cc6)cc5oc(=O)c43)c2cc1OC. The molecule has 0 fully saturated rings. The van der Waals surface area contributed by atoms with Gasteiger partial charge in [-0.15, -0.1) is 23.5 Å². The van der Waals surface area contributed by atoms with Crippen molar-refractivity contribution in [3.8, 4) is 45.6 Å². The fraction of sp³-hybridized carbons (Fsp3) is 0.133. The van der Waals surface area contributed by atoms with Gasteiger partial charge in [0, 0.05) is 43.8 Å². The molecule has 0 radical (unpaired) electrons. The highest BCUT2D eigenvalue weighted by molar-refractivity contribution is 8.00. The van der Waals surface area contributed by atoms with Crippen LogP contribution >= 0.6 is 23.5 Å². The van der Waals surface area contributed by atoms with Gasteiger partial charge in [0.05, 0.1) is 45.5 Å². The Labute approximate surface area is 348 Å². The zero-order valence-corrected chi connectivity index (χ0v) is 34.0. The minimum absolute atomic E-state index is 0.0234. The first-order valence-corrected chi connectivity index (χ1v) is 20.1. The minimum Gasteiger partial charge on any atom is -0.493 e. The number of nitrogens with zero attached hydrogens (tertiary/aromatic N) is 1. The molecule has 8 rings (SSSR count). The molecule has 11 nitrogen and oxygen atoms in total. The van der Waals surface area contributed by atoms with Crippen molar-refractivity contribution in [3.05, 3.63) is 125 Å². The molecule has 0 aliphatic rings. The highest BCUT2D eigenvalue weighted by atomic mass is 32.2. The topological polar surface area (TPSA) is 124 Å². The van der Waals surface area contributed by atoms with Crippen LogP contribution in [0, 0.1) is 11.6 Å². The average Bonchev–Trinajstić information content (AvgIpc) is 3.62. The molecule has 8 aromatic rings. The molecular weight excluding hydrogens is 817 g/mol. The summed E-state index contributed by atoms with van der Waals surface area (Å²) in [5, 5.41) is 2.42. The molecule has 0 saturated heterocycles. The number of rotatable bonds is 13.